The maximum atomic E-state index is 10.3. The van der Waals surface area contributed by atoms with Gasteiger partial charge in [0.1, 0.15) is 0 Å². The normalized spacial score (nSPS) is 12.4. The van der Waals surface area contributed by atoms with Crippen molar-refractivity contribution in [3.05, 3.63) is 0 Å². The second-order valence-corrected chi connectivity index (χ2v) is 6.58. The summed E-state index contributed by atoms with van der Waals surface area (Å²) in [7, 11) is 0. The number of carbonyl (C=O) groups is 2. The Morgan fingerprint density at radius 1 is 0.933 bits per heavy atom. The predicted molar refractivity (Wildman–Crippen MR) is 57.1 cm³/mol. The van der Waals surface area contributed by atoms with E-state index in [4.69, 9.17) is 10.2 Å². The van der Waals surface area contributed by atoms with Crippen LogP contribution < -0.4 is 0 Å². The summed E-state index contributed by atoms with van der Waals surface area (Å²) in [5.41, 5.74) is 0. The third kappa shape index (κ3) is 12.5. The Morgan fingerprint density at radius 3 is 2.07 bits per heavy atom. The summed E-state index contributed by atoms with van der Waals surface area (Å²) in [6.07, 6.45) is 5.15. The first-order chi connectivity index (χ1) is 7.02. The van der Waals surface area contributed by atoms with Crippen LogP contribution in [0, 0.1) is 0 Å². The van der Waals surface area contributed by atoms with Gasteiger partial charge in [0.2, 0.25) is 0 Å². The molecule has 0 radical (unpaired) electrons. The summed E-state index contributed by atoms with van der Waals surface area (Å²) in [6.45, 7) is 0. The van der Waals surface area contributed by atoms with E-state index in [1.54, 1.807) is 0 Å². The summed E-state index contributed by atoms with van der Waals surface area (Å²) in [5, 5.41) is 16.9. The molecule has 0 saturated carbocycles. The van der Waals surface area contributed by atoms with Crippen molar-refractivity contribution in [3.63, 3.8) is 0 Å². The third-order valence-electron chi connectivity index (χ3n) is 2.44. The molecule has 0 spiro atoms. The molecule has 5 heteroatoms. The van der Waals surface area contributed by atoms with Crippen molar-refractivity contribution in [1.29, 1.82) is 0 Å². The average molecular weight is 240 g/mol. The van der Waals surface area contributed by atoms with Crippen LogP contribution in [0.25, 0.3) is 0 Å². The van der Waals surface area contributed by atoms with E-state index in [9.17, 15) is 9.59 Å². The molecule has 1 atom stereocenters. The van der Waals surface area contributed by atoms with Gasteiger partial charge in [0.15, 0.2) is 0 Å². The number of carboxylic acid groups (broad SMARTS) is 2. The van der Waals surface area contributed by atoms with E-state index in [0.717, 1.165) is 32.1 Å². The molecule has 0 aromatic heterocycles. The van der Waals surface area contributed by atoms with E-state index in [2.05, 4.69) is 0 Å². The van der Waals surface area contributed by atoms with E-state index < -0.39 is 11.9 Å². The topological polar surface area (TPSA) is 74.6 Å². The van der Waals surface area contributed by atoms with Crippen LogP contribution in [0.4, 0.5) is 0 Å². The van der Waals surface area contributed by atoms with E-state index in [-0.39, 0.29) is 12.8 Å². The molecule has 0 aromatic carbocycles. The molecule has 0 rings (SSSR count). The molecule has 0 saturated heterocycles. The zero-order chi connectivity index (χ0) is 11.7. The first-order valence-electron chi connectivity index (χ1n) is 5.46. The predicted octanol–water partition coefficient (Wildman–Crippen LogP) is 1.84. The molecule has 0 amide bonds. The summed E-state index contributed by atoms with van der Waals surface area (Å²) >= 11 is 0.676. The van der Waals surface area contributed by atoms with Gasteiger partial charge in [0.05, 0.1) is 0 Å². The Bertz CT molecular complexity index is 206. The van der Waals surface area contributed by atoms with Gasteiger partial charge >= 0.3 is 126 Å². The molecule has 0 aliphatic carbocycles. The van der Waals surface area contributed by atoms with Crippen LogP contribution in [0.15, 0.2) is 0 Å². The van der Waals surface area contributed by atoms with Gasteiger partial charge in [-0.3, -0.25) is 0 Å². The van der Waals surface area contributed by atoms with Crippen molar-refractivity contribution < 1.29 is 19.8 Å². The van der Waals surface area contributed by atoms with Gasteiger partial charge in [-0.2, -0.15) is 0 Å². The fourth-order valence-corrected chi connectivity index (χ4v) is 2.55. The summed E-state index contributed by atoms with van der Waals surface area (Å²) in [5.74, 6) is -1.44. The molecule has 4 nitrogen and oxygen atoms in total. The minimum absolute atomic E-state index is 0.255. The summed E-state index contributed by atoms with van der Waals surface area (Å²) in [4.78, 5) is 20.5. The van der Waals surface area contributed by atoms with Crippen LogP contribution in [0.5, 0.6) is 0 Å². The first-order valence-corrected chi connectivity index (χ1v) is 7.26. The van der Waals surface area contributed by atoms with Crippen LogP contribution >= 0.6 is 0 Å². The molecule has 0 bridgehead atoms. The van der Waals surface area contributed by atoms with E-state index >= 15 is 0 Å². The van der Waals surface area contributed by atoms with Gasteiger partial charge in [0, 0.05) is 0 Å². The molecular formula is C10H17KO4. The second-order valence-electron chi connectivity index (χ2n) is 4.03. The van der Waals surface area contributed by atoms with Gasteiger partial charge in [-0.15, -0.1) is 0 Å². The monoisotopic (exact) mass is 240 g/mol. The van der Waals surface area contributed by atoms with Crippen molar-refractivity contribution in [2.45, 2.75) is 45.0 Å². The third-order valence-corrected chi connectivity index (χ3v) is 4.24. The standard InChI is InChI=1S/C10H17O4.K/c11-9(12)7-5-3-1-2-4-6-8-10(13)14;/h3H,1-2,4-8H2,(H,11,12)(H,13,14);. The zero-order valence-corrected chi connectivity index (χ0v) is 12.4. The zero-order valence-electron chi connectivity index (χ0n) is 9.24. The molecule has 82 valence electrons. The fraction of sp³-hybridized carbons (Fsp3) is 0.800. The number of carboxylic acids is 2. The Morgan fingerprint density at radius 2 is 1.53 bits per heavy atom. The summed E-state index contributed by atoms with van der Waals surface area (Å²) in [6, 6.07) is 0. The van der Waals surface area contributed by atoms with E-state index in [1.165, 1.54) is 0 Å². The van der Waals surface area contributed by atoms with Crippen LogP contribution in [-0.4, -0.2) is 71.1 Å². The molecule has 0 aliphatic rings. The van der Waals surface area contributed by atoms with Crippen molar-refractivity contribution in [2.24, 2.45) is 0 Å². The molecule has 0 fully saturated rings. The Hall–Kier alpha value is 0.576. The van der Waals surface area contributed by atoms with Crippen molar-refractivity contribution in [3.8, 4) is 0 Å². The number of unbranched alkanes of at least 4 members (excludes halogenated alkanes) is 2. The molecule has 0 heterocycles. The minimum atomic E-state index is -0.730. The van der Waals surface area contributed by atoms with Gasteiger partial charge in [-0.25, -0.2) is 0 Å². The maximum absolute atomic E-state index is 10.3. The Labute approximate surface area is 124 Å². The van der Waals surface area contributed by atoms with Gasteiger partial charge < -0.3 is 0 Å². The first kappa shape index (κ1) is 15.6. The fourth-order valence-electron chi connectivity index (χ4n) is 1.46. The Balaban J connectivity index is 3.27. The van der Waals surface area contributed by atoms with Gasteiger partial charge in [0.25, 0.3) is 0 Å². The Kier molecular flexibility index (Phi) is 10.2. The van der Waals surface area contributed by atoms with E-state index in [1.807, 2.05) is 0 Å². The van der Waals surface area contributed by atoms with Crippen molar-refractivity contribution >= 4 is 60.9 Å². The number of rotatable bonds is 9. The van der Waals surface area contributed by atoms with Crippen LogP contribution in [0.2, 0.25) is 0.0125 Å². The number of hydrogen-bond acceptors (Lipinski definition) is 2. The quantitative estimate of drug-likeness (QED) is 0.476. The van der Waals surface area contributed by atoms with Gasteiger partial charge in [-0.05, 0) is 0 Å². The van der Waals surface area contributed by atoms with E-state index in [0.29, 0.717) is 49.0 Å². The van der Waals surface area contributed by atoms with Gasteiger partial charge in [-0.1, -0.05) is 0 Å². The average Bonchev–Trinajstić information content (AvgIpc) is 2.13. The molecule has 2 N–H and O–H groups in total. The molecule has 15 heavy (non-hydrogen) atoms. The van der Waals surface area contributed by atoms with Crippen LogP contribution in [0.3, 0.4) is 0 Å². The van der Waals surface area contributed by atoms with Crippen LogP contribution in [0.1, 0.15) is 44.9 Å². The molecule has 1 unspecified atom stereocenters. The van der Waals surface area contributed by atoms with Crippen LogP contribution in [-0.2, 0) is 9.59 Å². The molecule has 0 aromatic rings. The number of hydrogen-bond donors (Lipinski definition) is 2. The summed E-state index contributed by atoms with van der Waals surface area (Å²) < 4.78 is 0.610. The SMILES string of the molecule is O=C(O)CCCCC[CH]([K])CCC(=O)O. The molecule has 0 aliphatic heterocycles. The second kappa shape index (κ2) is 9.78. The molecular weight excluding hydrogens is 223 g/mol. The van der Waals surface area contributed by atoms with Crippen molar-refractivity contribution in [2.75, 3.05) is 0 Å². The number of aliphatic carboxylic acids is 2. The van der Waals surface area contributed by atoms with Crippen molar-refractivity contribution in [1.82, 2.24) is 0 Å².